The Hall–Kier alpha value is -2.33. The normalized spacial score (nSPS) is 12.5. The van der Waals surface area contributed by atoms with Crippen molar-refractivity contribution in [1.82, 2.24) is 9.97 Å². The summed E-state index contributed by atoms with van der Waals surface area (Å²) in [5.74, 6) is 1.31. The van der Waals surface area contributed by atoms with Crippen molar-refractivity contribution >= 4 is 11.0 Å². The zero-order valence-corrected chi connectivity index (χ0v) is 10.5. The monoisotopic (exact) mass is 254 g/mol. The second kappa shape index (κ2) is 4.74. The number of aromatic nitrogens is 2. The highest BCUT2D eigenvalue weighted by Crippen LogP contribution is 2.23. The first-order chi connectivity index (χ1) is 9.28. The molecule has 4 nitrogen and oxygen atoms in total. The Balaban J connectivity index is 1.95. The van der Waals surface area contributed by atoms with Crippen LogP contribution in [0, 0.1) is 0 Å². The van der Waals surface area contributed by atoms with Crippen molar-refractivity contribution in [2.75, 3.05) is 7.11 Å². The summed E-state index contributed by atoms with van der Waals surface area (Å²) >= 11 is 0. The number of H-pyrrole nitrogens is 1. The summed E-state index contributed by atoms with van der Waals surface area (Å²) in [5, 5.41) is 10.3. The maximum absolute atomic E-state index is 10.3. The molecular formula is C15H14N2O2. The van der Waals surface area contributed by atoms with Crippen molar-refractivity contribution in [3.8, 4) is 5.75 Å². The van der Waals surface area contributed by atoms with E-state index in [1.54, 1.807) is 7.11 Å². The smallest absolute Gasteiger partial charge is 0.140 e. The van der Waals surface area contributed by atoms with Gasteiger partial charge in [-0.15, -0.1) is 0 Å². The van der Waals surface area contributed by atoms with Gasteiger partial charge in [0.15, 0.2) is 0 Å². The van der Waals surface area contributed by atoms with Crippen molar-refractivity contribution in [2.24, 2.45) is 0 Å². The number of aliphatic hydroxyl groups excluding tert-OH is 1. The summed E-state index contributed by atoms with van der Waals surface area (Å²) in [4.78, 5) is 7.52. The quantitative estimate of drug-likeness (QED) is 0.755. The first-order valence-electron chi connectivity index (χ1n) is 6.04. The molecule has 1 heterocycles. The molecule has 4 heteroatoms. The van der Waals surface area contributed by atoms with E-state index in [4.69, 9.17) is 4.74 Å². The summed E-state index contributed by atoms with van der Waals surface area (Å²) < 4.78 is 5.10. The molecule has 0 bridgehead atoms. The van der Waals surface area contributed by atoms with Crippen LogP contribution in [0.5, 0.6) is 5.75 Å². The van der Waals surface area contributed by atoms with E-state index in [1.165, 1.54) is 0 Å². The molecule has 0 radical (unpaired) electrons. The summed E-state index contributed by atoms with van der Waals surface area (Å²) in [7, 11) is 1.62. The Labute approximate surface area is 110 Å². The van der Waals surface area contributed by atoms with Crippen molar-refractivity contribution in [1.29, 1.82) is 0 Å². The van der Waals surface area contributed by atoms with Gasteiger partial charge in [-0.3, -0.25) is 0 Å². The molecule has 3 rings (SSSR count). The molecular weight excluding hydrogens is 240 g/mol. The van der Waals surface area contributed by atoms with Gasteiger partial charge >= 0.3 is 0 Å². The molecule has 0 saturated heterocycles. The first-order valence-corrected chi connectivity index (χ1v) is 6.04. The van der Waals surface area contributed by atoms with Crippen molar-refractivity contribution < 1.29 is 9.84 Å². The molecule has 0 amide bonds. The molecule has 0 fully saturated rings. The second-order valence-corrected chi connectivity index (χ2v) is 4.31. The van der Waals surface area contributed by atoms with E-state index in [9.17, 15) is 5.11 Å². The van der Waals surface area contributed by atoms with Crippen LogP contribution < -0.4 is 4.74 Å². The lowest BCUT2D eigenvalue weighted by molar-refractivity contribution is 0.211. The van der Waals surface area contributed by atoms with Crippen LogP contribution in [0.25, 0.3) is 11.0 Å². The highest BCUT2D eigenvalue weighted by Gasteiger charge is 2.14. The molecule has 0 spiro atoms. The van der Waals surface area contributed by atoms with Gasteiger partial charge in [0.2, 0.25) is 0 Å². The minimum Gasteiger partial charge on any atom is -0.497 e. The molecule has 1 aromatic heterocycles. The Morgan fingerprint density at radius 3 is 2.53 bits per heavy atom. The number of ether oxygens (including phenoxy) is 1. The molecule has 2 aromatic carbocycles. The molecule has 0 saturated carbocycles. The minimum atomic E-state index is -0.765. The maximum atomic E-state index is 10.3. The lowest BCUT2D eigenvalue weighted by Crippen LogP contribution is -2.01. The van der Waals surface area contributed by atoms with E-state index < -0.39 is 6.10 Å². The fraction of sp³-hybridized carbons (Fsp3) is 0.133. The fourth-order valence-electron chi connectivity index (χ4n) is 2.05. The van der Waals surface area contributed by atoms with E-state index in [0.29, 0.717) is 5.82 Å². The van der Waals surface area contributed by atoms with Gasteiger partial charge in [0, 0.05) is 0 Å². The number of fused-ring (bicyclic) bond motifs is 1. The van der Waals surface area contributed by atoms with Gasteiger partial charge in [-0.1, -0.05) is 24.3 Å². The molecule has 1 unspecified atom stereocenters. The first kappa shape index (κ1) is 11.7. The second-order valence-electron chi connectivity index (χ2n) is 4.31. The molecule has 0 aliphatic carbocycles. The number of para-hydroxylation sites is 2. The number of benzene rings is 2. The third-order valence-corrected chi connectivity index (χ3v) is 3.10. The molecule has 0 aliphatic rings. The molecule has 19 heavy (non-hydrogen) atoms. The Bertz CT molecular complexity index is 656. The maximum Gasteiger partial charge on any atom is 0.140 e. The third kappa shape index (κ3) is 2.18. The van der Waals surface area contributed by atoms with Crippen LogP contribution in [0.4, 0.5) is 0 Å². The van der Waals surface area contributed by atoms with Gasteiger partial charge in [-0.25, -0.2) is 4.98 Å². The van der Waals surface area contributed by atoms with Crippen LogP contribution >= 0.6 is 0 Å². The Morgan fingerprint density at radius 1 is 1.11 bits per heavy atom. The highest BCUT2D eigenvalue weighted by atomic mass is 16.5. The van der Waals surface area contributed by atoms with Gasteiger partial charge in [-0.05, 0) is 29.8 Å². The molecule has 3 aromatic rings. The predicted octanol–water partition coefficient (Wildman–Crippen LogP) is 2.65. The molecule has 96 valence electrons. The largest absolute Gasteiger partial charge is 0.497 e. The van der Waals surface area contributed by atoms with E-state index >= 15 is 0 Å². The van der Waals surface area contributed by atoms with Crippen LogP contribution in [0.15, 0.2) is 48.5 Å². The minimum absolute atomic E-state index is 0.548. The number of hydrogen-bond donors (Lipinski definition) is 2. The molecule has 1 atom stereocenters. The zero-order chi connectivity index (χ0) is 13.2. The van der Waals surface area contributed by atoms with Gasteiger partial charge in [-0.2, -0.15) is 0 Å². The van der Waals surface area contributed by atoms with E-state index in [1.807, 2.05) is 48.5 Å². The van der Waals surface area contributed by atoms with Gasteiger partial charge in [0.1, 0.15) is 17.7 Å². The standard InChI is InChI=1S/C15H14N2O2/c1-19-11-8-6-10(7-9-11)14(18)15-16-12-4-2-3-5-13(12)17-15/h2-9,14,18H,1H3,(H,16,17). The number of nitrogens with one attached hydrogen (secondary N) is 1. The number of methoxy groups -OCH3 is 1. The fourth-order valence-corrected chi connectivity index (χ4v) is 2.05. The Kier molecular flexibility index (Phi) is 2.93. The summed E-state index contributed by atoms with van der Waals surface area (Å²) in [6.45, 7) is 0. The average molecular weight is 254 g/mol. The third-order valence-electron chi connectivity index (χ3n) is 3.10. The number of aromatic amines is 1. The Morgan fingerprint density at radius 2 is 1.84 bits per heavy atom. The number of rotatable bonds is 3. The topological polar surface area (TPSA) is 58.1 Å². The van der Waals surface area contributed by atoms with Crippen molar-refractivity contribution in [2.45, 2.75) is 6.10 Å². The van der Waals surface area contributed by atoms with Crippen molar-refractivity contribution in [3.05, 3.63) is 59.9 Å². The number of nitrogens with zero attached hydrogens (tertiary/aromatic N) is 1. The van der Waals surface area contributed by atoms with Gasteiger partial charge in [0.05, 0.1) is 18.1 Å². The van der Waals surface area contributed by atoms with Crippen LogP contribution in [0.1, 0.15) is 17.5 Å². The predicted molar refractivity (Wildman–Crippen MR) is 73.1 cm³/mol. The zero-order valence-electron chi connectivity index (χ0n) is 10.5. The summed E-state index contributed by atoms with van der Waals surface area (Å²) in [5.41, 5.74) is 2.55. The number of hydrogen-bond acceptors (Lipinski definition) is 3. The van der Waals surface area contributed by atoms with Crippen LogP contribution in [-0.4, -0.2) is 22.2 Å². The summed E-state index contributed by atoms with van der Waals surface area (Å²) in [6, 6.07) is 15.0. The molecule has 0 aliphatic heterocycles. The van der Waals surface area contributed by atoms with E-state index in [2.05, 4.69) is 9.97 Å². The SMILES string of the molecule is COc1ccc(C(O)c2nc3ccccc3[nH]2)cc1. The number of imidazole rings is 1. The van der Waals surface area contributed by atoms with Gasteiger partial charge in [0.25, 0.3) is 0 Å². The van der Waals surface area contributed by atoms with Crippen LogP contribution in [-0.2, 0) is 0 Å². The lowest BCUT2D eigenvalue weighted by atomic mass is 10.1. The average Bonchev–Trinajstić information content (AvgIpc) is 2.90. The van der Waals surface area contributed by atoms with Crippen LogP contribution in [0.2, 0.25) is 0 Å². The van der Waals surface area contributed by atoms with Gasteiger partial charge < -0.3 is 14.8 Å². The molecule has 2 N–H and O–H groups in total. The van der Waals surface area contributed by atoms with Crippen molar-refractivity contribution in [3.63, 3.8) is 0 Å². The van der Waals surface area contributed by atoms with Crippen LogP contribution in [0.3, 0.4) is 0 Å². The lowest BCUT2D eigenvalue weighted by Gasteiger charge is -2.08. The highest BCUT2D eigenvalue weighted by molar-refractivity contribution is 5.74. The number of aliphatic hydroxyl groups is 1. The van der Waals surface area contributed by atoms with E-state index in [-0.39, 0.29) is 0 Å². The van der Waals surface area contributed by atoms with E-state index in [0.717, 1.165) is 22.3 Å². The summed E-state index contributed by atoms with van der Waals surface area (Å²) in [6.07, 6.45) is -0.765.